The van der Waals surface area contributed by atoms with Gasteiger partial charge in [0.05, 0.1) is 10.5 Å². The van der Waals surface area contributed by atoms with Crippen LogP contribution in [0.4, 0.5) is 8.78 Å². The maximum absolute atomic E-state index is 13.7. The Balaban J connectivity index is 0.00000288. The van der Waals surface area contributed by atoms with Crippen LogP contribution in [0.2, 0.25) is 0 Å². The second kappa shape index (κ2) is 7.94. The summed E-state index contributed by atoms with van der Waals surface area (Å²) < 4.78 is 49.8. The van der Waals surface area contributed by atoms with Crippen molar-refractivity contribution < 1.29 is 17.2 Å². The Morgan fingerprint density at radius 2 is 2.04 bits per heavy atom. The quantitative estimate of drug-likeness (QED) is 0.407. The summed E-state index contributed by atoms with van der Waals surface area (Å²) in [5.74, 6) is -0.712. The molecule has 1 aliphatic rings. The van der Waals surface area contributed by atoms with E-state index in [2.05, 4.69) is 10.3 Å². The van der Waals surface area contributed by atoms with Crippen molar-refractivity contribution in [3.05, 3.63) is 35.4 Å². The Bertz CT molecular complexity index is 723. The number of benzene rings is 1. The van der Waals surface area contributed by atoms with E-state index >= 15 is 0 Å². The van der Waals surface area contributed by atoms with Gasteiger partial charge in [0.1, 0.15) is 11.6 Å². The van der Waals surface area contributed by atoms with Gasteiger partial charge in [-0.1, -0.05) is 6.07 Å². The highest BCUT2D eigenvalue weighted by molar-refractivity contribution is 14.0. The van der Waals surface area contributed by atoms with Crippen LogP contribution >= 0.6 is 24.0 Å². The lowest BCUT2D eigenvalue weighted by atomic mass is 10.2. The molecule has 1 aromatic rings. The maximum Gasteiger partial charge on any atom is 0.193 e. The van der Waals surface area contributed by atoms with Gasteiger partial charge < -0.3 is 10.2 Å². The smallest absolute Gasteiger partial charge is 0.193 e. The molecule has 136 valence electrons. The minimum atomic E-state index is -3.14. The normalized spacial score (nSPS) is 19.5. The minimum absolute atomic E-state index is 0. The second-order valence-corrected chi connectivity index (χ2v) is 8.88. The average Bonchev–Trinajstić information content (AvgIpc) is 2.45. The molecule has 1 aromatic carbocycles. The van der Waals surface area contributed by atoms with E-state index in [1.165, 1.54) is 12.1 Å². The molecule has 0 spiro atoms. The second-order valence-electron chi connectivity index (χ2n) is 6.14. The van der Waals surface area contributed by atoms with Gasteiger partial charge in [0.2, 0.25) is 0 Å². The van der Waals surface area contributed by atoms with Crippen molar-refractivity contribution in [2.24, 2.45) is 4.99 Å². The summed E-state index contributed by atoms with van der Waals surface area (Å²) in [5.41, 5.74) is 0.316. The van der Waals surface area contributed by atoms with E-state index < -0.39 is 26.2 Å². The van der Waals surface area contributed by atoms with Crippen LogP contribution in [-0.2, 0) is 16.4 Å². The van der Waals surface area contributed by atoms with E-state index in [9.17, 15) is 17.2 Å². The first-order valence-corrected chi connectivity index (χ1v) is 8.93. The van der Waals surface area contributed by atoms with Crippen LogP contribution in [0.25, 0.3) is 0 Å². The van der Waals surface area contributed by atoms with E-state index in [1.54, 1.807) is 20.9 Å². The number of hydrogen-bond donors (Lipinski definition) is 1. The van der Waals surface area contributed by atoms with Crippen LogP contribution < -0.4 is 5.32 Å². The van der Waals surface area contributed by atoms with Crippen LogP contribution in [0.3, 0.4) is 0 Å². The van der Waals surface area contributed by atoms with Gasteiger partial charge in [-0.25, -0.2) is 17.2 Å². The van der Waals surface area contributed by atoms with Crippen LogP contribution in [-0.4, -0.2) is 49.9 Å². The molecule has 0 saturated carbocycles. The fourth-order valence-electron chi connectivity index (χ4n) is 2.50. The zero-order valence-corrected chi connectivity index (χ0v) is 17.0. The summed E-state index contributed by atoms with van der Waals surface area (Å²) in [6, 6.07) is 3.39. The van der Waals surface area contributed by atoms with Crippen LogP contribution in [0.1, 0.15) is 19.4 Å². The third-order valence-corrected chi connectivity index (χ3v) is 6.54. The highest BCUT2D eigenvalue weighted by Crippen LogP contribution is 2.23. The first-order chi connectivity index (χ1) is 10.7. The van der Waals surface area contributed by atoms with Crippen molar-refractivity contribution in [3.63, 3.8) is 0 Å². The lowest BCUT2D eigenvalue weighted by molar-refractivity contribution is 0.353. The Hall–Kier alpha value is -0.970. The van der Waals surface area contributed by atoms with E-state index in [-0.39, 0.29) is 36.3 Å². The van der Waals surface area contributed by atoms with Crippen molar-refractivity contribution in [2.75, 3.05) is 25.9 Å². The molecular weight excluding hydrogens is 451 g/mol. The third kappa shape index (κ3) is 4.56. The molecule has 0 unspecified atom stereocenters. The molecule has 1 N–H and O–H groups in total. The molecule has 24 heavy (non-hydrogen) atoms. The summed E-state index contributed by atoms with van der Waals surface area (Å²) in [6.07, 6.45) is 0. The fraction of sp³-hybridized carbons (Fsp3) is 0.533. The number of hydrogen-bond acceptors (Lipinski definition) is 3. The molecule has 9 heteroatoms. The summed E-state index contributed by atoms with van der Waals surface area (Å²) in [5, 5.41) is 3.00. The number of nitrogens with zero attached hydrogens (tertiary/aromatic N) is 2. The molecular formula is C15H22F2IN3O2S. The van der Waals surface area contributed by atoms with Gasteiger partial charge in [0.15, 0.2) is 15.8 Å². The molecule has 1 fully saturated rings. The molecule has 1 heterocycles. The van der Waals surface area contributed by atoms with E-state index in [0.29, 0.717) is 24.6 Å². The van der Waals surface area contributed by atoms with Gasteiger partial charge in [0.25, 0.3) is 0 Å². The van der Waals surface area contributed by atoms with Crippen LogP contribution in [0.5, 0.6) is 0 Å². The number of rotatable bonds is 2. The molecule has 0 atom stereocenters. The van der Waals surface area contributed by atoms with Crippen LogP contribution in [0.15, 0.2) is 23.2 Å². The van der Waals surface area contributed by atoms with Crippen molar-refractivity contribution >= 4 is 39.8 Å². The number of nitrogens with one attached hydrogen (secondary N) is 1. The molecule has 1 aliphatic heterocycles. The molecule has 0 bridgehead atoms. The fourth-order valence-corrected chi connectivity index (χ4v) is 3.86. The van der Waals surface area contributed by atoms with Gasteiger partial charge >= 0.3 is 0 Å². The minimum Gasteiger partial charge on any atom is -0.352 e. The monoisotopic (exact) mass is 473 g/mol. The molecule has 1 saturated heterocycles. The van der Waals surface area contributed by atoms with Gasteiger partial charge in [-0.15, -0.1) is 24.0 Å². The number of halogens is 3. The highest BCUT2D eigenvalue weighted by Gasteiger charge is 2.40. The standard InChI is InChI=1S/C15H21F2N3O2S.HI/c1-15(2)10-20(6-7-23(15,21)22)14(18-3)19-9-11-4-5-12(16)8-13(11)17;/h4-5,8H,6-7,9-10H2,1-3H3,(H,18,19);1H. The number of sulfone groups is 1. The maximum atomic E-state index is 13.7. The summed E-state index contributed by atoms with van der Waals surface area (Å²) in [6.45, 7) is 4.14. The first-order valence-electron chi connectivity index (χ1n) is 7.28. The topological polar surface area (TPSA) is 61.8 Å². The van der Waals surface area contributed by atoms with Gasteiger partial charge in [-0.2, -0.15) is 0 Å². The third-order valence-electron chi connectivity index (χ3n) is 4.01. The van der Waals surface area contributed by atoms with Gasteiger partial charge in [-0.3, -0.25) is 4.99 Å². The highest BCUT2D eigenvalue weighted by atomic mass is 127. The largest absolute Gasteiger partial charge is 0.352 e. The number of guanidine groups is 1. The zero-order chi connectivity index (χ0) is 17.3. The van der Waals surface area contributed by atoms with Crippen molar-refractivity contribution in [2.45, 2.75) is 25.1 Å². The van der Waals surface area contributed by atoms with Crippen molar-refractivity contribution in [3.8, 4) is 0 Å². The van der Waals surface area contributed by atoms with Gasteiger partial charge in [0, 0.05) is 38.3 Å². The summed E-state index contributed by atoms with van der Waals surface area (Å²) in [4.78, 5) is 5.96. The Labute approximate surface area is 158 Å². The van der Waals surface area contributed by atoms with Gasteiger partial charge in [-0.05, 0) is 19.9 Å². The Kier molecular flexibility index (Phi) is 6.97. The summed E-state index contributed by atoms with van der Waals surface area (Å²) in [7, 11) is -1.56. The molecule has 0 aromatic heterocycles. The Morgan fingerprint density at radius 1 is 1.38 bits per heavy atom. The molecule has 2 rings (SSSR count). The van der Waals surface area contributed by atoms with Crippen LogP contribution in [0, 0.1) is 11.6 Å². The predicted octanol–water partition coefficient (Wildman–Crippen LogP) is 2.17. The first kappa shape index (κ1) is 21.1. The molecule has 0 aliphatic carbocycles. The Morgan fingerprint density at radius 3 is 2.58 bits per heavy atom. The van der Waals surface area contributed by atoms with E-state index in [0.717, 1.165) is 6.07 Å². The molecule has 0 radical (unpaired) electrons. The van der Waals surface area contributed by atoms with Crippen molar-refractivity contribution in [1.29, 1.82) is 0 Å². The average molecular weight is 473 g/mol. The lowest BCUT2D eigenvalue weighted by Crippen LogP contribution is -2.57. The lowest BCUT2D eigenvalue weighted by Gasteiger charge is -2.39. The number of aliphatic imine (C=N–C) groups is 1. The molecule has 5 nitrogen and oxygen atoms in total. The van der Waals surface area contributed by atoms with E-state index in [1.807, 2.05) is 4.90 Å². The SMILES string of the molecule is CN=C(NCc1ccc(F)cc1F)N1CCS(=O)(=O)C(C)(C)C1.I. The van der Waals surface area contributed by atoms with Crippen molar-refractivity contribution in [1.82, 2.24) is 10.2 Å². The zero-order valence-electron chi connectivity index (χ0n) is 13.8. The van der Waals surface area contributed by atoms with E-state index in [4.69, 9.17) is 0 Å². The predicted molar refractivity (Wildman–Crippen MR) is 101 cm³/mol. The summed E-state index contributed by atoms with van der Waals surface area (Å²) >= 11 is 0. The molecule has 0 amide bonds.